The third-order valence-electron chi connectivity index (χ3n) is 3.08. The second-order valence-corrected chi connectivity index (χ2v) is 5.39. The van der Waals surface area contributed by atoms with Gasteiger partial charge in [-0.1, -0.05) is 6.07 Å². The van der Waals surface area contributed by atoms with Crippen LogP contribution < -0.4 is 5.32 Å². The van der Waals surface area contributed by atoms with Crippen LogP contribution in [0.1, 0.15) is 27.2 Å². The first-order chi connectivity index (χ1) is 9.52. The number of nitrogens with one attached hydrogen (secondary N) is 1. The molecule has 4 nitrogen and oxygen atoms in total. The van der Waals surface area contributed by atoms with Crippen molar-refractivity contribution >= 4 is 27.5 Å². The van der Waals surface area contributed by atoms with Gasteiger partial charge in [-0.05, 0) is 64.7 Å². The molecule has 1 heterocycles. The smallest absolute Gasteiger partial charge is 0.275 e. The highest BCUT2D eigenvalue weighted by atomic mass is 79.9. The van der Waals surface area contributed by atoms with Crippen molar-refractivity contribution in [3.63, 3.8) is 0 Å². The molecule has 5 heteroatoms. The Morgan fingerprint density at radius 3 is 2.75 bits per heavy atom. The Bertz CT molecular complexity index is 656. The molecule has 0 radical (unpaired) electrons. The molecule has 2 rings (SSSR count). The number of nitrogens with zero attached hydrogens (tertiary/aromatic N) is 1. The van der Waals surface area contributed by atoms with E-state index in [1.54, 1.807) is 24.4 Å². The minimum atomic E-state index is -0.284. The zero-order valence-electron chi connectivity index (χ0n) is 11.3. The first kappa shape index (κ1) is 14.7. The highest BCUT2D eigenvalue weighted by Gasteiger charge is 2.13. The summed E-state index contributed by atoms with van der Waals surface area (Å²) in [5, 5.41) is 12.1. The molecule has 0 atom stereocenters. The number of rotatable bonds is 3. The van der Waals surface area contributed by atoms with E-state index in [4.69, 9.17) is 0 Å². The predicted octanol–water partition coefficient (Wildman–Crippen LogP) is 3.21. The molecule has 104 valence electrons. The quantitative estimate of drug-likeness (QED) is 0.905. The maximum atomic E-state index is 12.2. The zero-order valence-corrected chi connectivity index (χ0v) is 12.9. The van der Waals surface area contributed by atoms with Gasteiger partial charge in [-0.25, -0.2) is 4.98 Å². The van der Waals surface area contributed by atoms with Crippen molar-refractivity contribution in [1.82, 2.24) is 4.98 Å². The summed E-state index contributed by atoms with van der Waals surface area (Å²) in [6, 6.07) is 7.25. The largest absolute Gasteiger partial charge is 0.392 e. The minimum Gasteiger partial charge on any atom is -0.392 e. The van der Waals surface area contributed by atoms with E-state index in [0.717, 1.165) is 16.7 Å². The third-order valence-corrected chi connectivity index (χ3v) is 3.71. The van der Waals surface area contributed by atoms with Gasteiger partial charge in [0, 0.05) is 16.4 Å². The molecule has 0 saturated heterocycles. The van der Waals surface area contributed by atoms with E-state index < -0.39 is 0 Å². The van der Waals surface area contributed by atoms with Gasteiger partial charge in [-0.2, -0.15) is 0 Å². The van der Waals surface area contributed by atoms with Crippen molar-refractivity contribution in [1.29, 1.82) is 0 Å². The van der Waals surface area contributed by atoms with Crippen LogP contribution in [0.15, 0.2) is 34.9 Å². The summed E-state index contributed by atoms with van der Waals surface area (Å²) in [6.07, 6.45) is 1.57. The molecule has 0 bridgehead atoms. The fourth-order valence-corrected chi connectivity index (χ4v) is 2.37. The van der Waals surface area contributed by atoms with Crippen LogP contribution in [0.5, 0.6) is 0 Å². The van der Waals surface area contributed by atoms with E-state index in [1.807, 2.05) is 19.9 Å². The first-order valence-corrected chi connectivity index (χ1v) is 6.95. The Labute approximate surface area is 126 Å². The molecule has 0 spiro atoms. The molecule has 1 amide bonds. The second-order valence-electron chi connectivity index (χ2n) is 4.54. The van der Waals surface area contributed by atoms with Gasteiger partial charge >= 0.3 is 0 Å². The van der Waals surface area contributed by atoms with E-state index >= 15 is 0 Å². The summed E-state index contributed by atoms with van der Waals surface area (Å²) in [7, 11) is 0. The molecule has 0 unspecified atom stereocenters. The van der Waals surface area contributed by atoms with E-state index in [9.17, 15) is 9.90 Å². The summed E-state index contributed by atoms with van der Waals surface area (Å²) in [5.41, 5.74) is 3.76. The summed E-state index contributed by atoms with van der Waals surface area (Å²) in [5.74, 6) is -0.284. The molecule has 0 fully saturated rings. The first-order valence-electron chi connectivity index (χ1n) is 6.15. The van der Waals surface area contributed by atoms with Crippen LogP contribution in [0, 0.1) is 13.8 Å². The van der Waals surface area contributed by atoms with Gasteiger partial charge in [0.1, 0.15) is 5.69 Å². The van der Waals surface area contributed by atoms with Gasteiger partial charge in [0.15, 0.2) is 0 Å². The van der Waals surface area contributed by atoms with Crippen molar-refractivity contribution < 1.29 is 9.90 Å². The predicted molar refractivity (Wildman–Crippen MR) is 81.7 cm³/mol. The standard InChI is InChI=1S/C15H15BrN2O2/c1-9-6-10(2)13(7-11(9)8-19)18-15(20)14-12(16)4-3-5-17-14/h3-7,19H,8H2,1-2H3,(H,18,20). The molecule has 2 N–H and O–H groups in total. The molecular weight excluding hydrogens is 320 g/mol. The number of aryl methyl sites for hydroxylation is 2. The lowest BCUT2D eigenvalue weighted by Crippen LogP contribution is -2.15. The average Bonchev–Trinajstić information content (AvgIpc) is 2.42. The van der Waals surface area contributed by atoms with Gasteiger partial charge in [-0.15, -0.1) is 0 Å². The van der Waals surface area contributed by atoms with Gasteiger partial charge in [-0.3, -0.25) is 4.79 Å². The molecule has 1 aromatic carbocycles. The summed E-state index contributed by atoms with van der Waals surface area (Å²) < 4.78 is 0.643. The van der Waals surface area contributed by atoms with E-state index in [1.165, 1.54) is 0 Å². The molecule has 0 aliphatic heterocycles. The van der Waals surface area contributed by atoms with Gasteiger partial charge in [0.25, 0.3) is 5.91 Å². The van der Waals surface area contributed by atoms with Crippen LogP contribution in [-0.2, 0) is 6.61 Å². The maximum Gasteiger partial charge on any atom is 0.275 e. The monoisotopic (exact) mass is 334 g/mol. The van der Waals surface area contributed by atoms with Crippen molar-refractivity contribution in [2.45, 2.75) is 20.5 Å². The van der Waals surface area contributed by atoms with Crippen molar-refractivity contribution in [3.8, 4) is 0 Å². The maximum absolute atomic E-state index is 12.2. The van der Waals surface area contributed by atoms with Crippen LogP contribution in [0.25, 0.3) is 0 Å². The lowest BCUT2D eigenvalue weighted by molar-refractivity contribution is 0.102. The molecule has 20 heavy (non-hydrogen) atoms. The number of aliphatic hydroxyl groups excluding tert-OH is 1. The van der Waals surface area contributed by atoms with Crippen LogP contribution >= 0.6 is 15.9 Å². The number of aliphatic hydroxyl groups is 1. The number of halogens is 1. The Morgan fingerprint density at radius 2 is 2.10 bits per heavy atom. The molecule has 0 aliphatic rings. The number of hydrogen-bond acceptors (Lipinski definition) is 3. The topological polar surface area (TPSA) is 62.2 Å². The Kier molecular flexibility index (Phi) is 4.52. The molecule has 0 saturated carbocycles. The number of anilines is 1. The van der Waals surface area contributed by atoms with Gasteiger partial charge < -0.3 is 10.4 Å². The normalized spacial score (nSPS) is 10.4. The number of aromatic nitrogens is 1. The van der Waals surface area contributed by atoms with Crippen molar-refractivity contribution in [2.75, 3.05) is 5.32 Å². The van der Waals surface area contributed by atoms with E-state index in [0.29, 0.717) is 15.9 Å². The summed E-state index contributed by atoms with van der Waals surface area (Å²) in [6.45, 7) is 3.79. The van der Waals surface area contributed by atoms with Crippen LogP contribution in [0.2, 0.25) is 0 Å². The third kappa shape index (κ3) is 3.05. The zero-order chi connectivity index (χ0) is 14.7. The highest BCUT2D eigenvalue weighted by Crippen LogP contribution is 2.22. The van der Waals surface area contributed by atoms with E-state index in [-0.39, 0.29) is 12.5 Å². The highest BCUT2D eigenvalue weighted by molar-refractivity contribution is 9.10. The number of amides is 1. The molecule has 1 aromatic heterocycles. The number of carbonyl (C=O) groups is 1. The number of hydrogen-bond donors (Lipinski definition) is 2. The van der Waals surface area contributed by atoms with Crippen molar-refractivity contribution in [3.05, 3.63) is 57.3 Å². The van der Waals surface area contributed by atoms with Crippen LogP contribution in [0.3, 0.4) is 0 Å². The fourth-order valence-electron chi connectivity index (χ4n) is 1.94. The minimum absolute atomic E-state index is 0.0533. The van der Waals surface area contributed by atoms with Crippen molar-refractivity contribution in [2.24, 2.45) is 0 Å². The second kappa shape index (κ2) is 6.15. The Balaban J connectivity index is 2.31. The van der Waals surface area contributed by atoms with Gasteiger partial charge in [0.2, 0.25) is 0 Å². The summed E-state index contributed by atoms with van der Waals surface area (Å²) in [4.78, 5) is 16.3. The Hall–Kier alpha value is -1.72. The van der Waals surface area contributed by atoms with Crippen LogP contribution in [-0.4, -0.2) is 16.0 Å². The number of benzene rings is 1. The van der Waals surface area contributed by atoms with Gasteiger partial charge in [0.05, 0.1) is 6.61 Å². The summed E-state index contributed by atoms with van der Waals surface area (Å²) >= 11 is 3.31. The number of pyridine rings is 1. The molecule has 0 aliphatic carbocycles. The fraction of sp³-hybridized carbons (Fsp3) is 0.200. The number of carbonyl (C=O) groups excluding carboxylic acids is 1. The SMILES string of the molecule is Cc1cc(C)c(NC(=O)c2ncccc2Br)cc1CO. The Morgan fingerprint density at radius 1 is 1.35 bits per heavy atom. The average molecular weight is 335 g/mol. The lowest BCUT2D eigenvalue weighted by atomic mass is 10.0. The lowest BCUT2D eigenvalue weighted by Gasteiger charge is -2.12. The van der Waals surface area contributed by atoms with E-state index in [2.05, 4.69) is 26.2 Å². The molecular formula is C15H15BrN2O2. The molecule has 2 aromatic rings. The van der Waals surface area contributed by atoms with Crippen LogP contribution in [0.4, 0.5) is 5.69 Å².